The first-order valence-electron chi connectivity index (χ1n) is 11.2. The highest BCUT2D eigenvalue weighted by atomic mass is 16.6. The molecule has 2 saturated heterocycles. The summed E-state index contributed by atoms with van der Waals surface area (Å²) in [5.74, 6) is 1.44. The van der Waals surface area contributed by atoms with Crippen LogP contribution >= 0.6 is 0 Å². The number of nitrogens with one attached hydrogen (secondary N) is 2. The van der Waals surface area contributed by atoms with Crippen molar-refractivity contribution in [3.05, 3.63) is 24.0 Å². The SMILES string of the molecule is Cc1ncccc1O[C@H]1CO[C@H]2C(NC(=O)N[C@@H]3C[C@H]4CC[C@]3(C)C4(C)C)COC21. The highest BCUT2D eigenvalue weighted by Crippen LogP contribution is 2.65. The molecule has 0 radical (unpaired) electrons. The maximum atomic E-state index is 12.8. The van der Waals surface area contributed by atoms with Crippen molar-refractivity contribution in [2.45, 2.75) is 77.4 Å². The van der Waals surface area contributed by atoms with Crippen LogP contribution in [0.3, 0.4) is 0 Å². The maximum Gasteiger partial charge on any atom is 0.315 e. The molecule has 2 aliphatic heterocycles. The molecule has 4 fully saturated rings. The Morgan fingerprint density at radius 3 is 2.70 bits per heavy atom. The zero-order chi connectivity index (χ0) is 21.1. The molecule has 0 aromatic carbocycles. The lowest BCUT2D eigenvalue weighted by atomic mass is 9.69. The number of fused-ring (bicyclic) bond motifs is 3. The van der Waals surface area contributed by atoms with Gasteiger partial charge in [0.25, 0.3) is 0 Å². The van der Waals surface area contributed by atoms with E-state index >= 15 is 0 Å². The van der Waals surface area contributed by atoms with Crippen LogP contribution < -0.4 is 15.4 Å². The number of rotatable bonds is 4. The molecule has 2 aliphatic carbocycles. The van der Waals surface area contributed by atoms with Crippen LogP contribution in [0.25, 0.3) is 0 Å². The molecule has 7 atom stereocenters. The number of nitrogens with zero attached hydrogens (tertiary/aromatic N) is 1. The van der Waals surface area contributed by atoms with Gasteiger partial charge in [0, 0.05) is 12.2 Å². The molecular weight excluding hydrogens is 382 g/mol. The average molecular weight is 416 g/mol. The summed E-state index contributed by atoms with van der Waals surface area (Å²) in [6.07, 6.45) is 4.70. The molecule has 2 bridgehead atoms. The number of urea groups is 1. The number of ether oxygens (including phenoxy) is 3. The first-order chi connectivity index (χ1) is 14.3. The van der Waals surface area contributed by atoms with Gasteiger partial charge in [0.05, 0.1) is 24.9 Å². The number of amides is 2. The van der Waals surface area contributed by atoms with Gasteiger partial charge in [0.2, 0.25) is 0 Å². The zero-order valence-corrected chi connectivity index (χ0v) is 18.3. The van der Waals surface area contributed by atoms with Crippen LogP contribution in [0.2, 0.25) is 0 Å². The Kier molecular flexibility index (Phi) is 4.74. The van der Waals surface area contributed by atoms with E-state index in [1.807, 2.05) is 19.1 Å². The Bertz CT molecular complexity index is 830. The molecule has 7 nitrogen and oxygen atoms in total. The van der Waals surface area contributed by atoms with Crippen LogP contribution in [-0.4, -0.2) is 54.6 Å². The highest BCUT2D eigenvalue weighted by molar-refractivity contribution is 5.75. The van der Waals surface area contributed by atoms with Crippen LogP contribution in [0.1, 0.15) is 45.7 Å². The van der Waals surface area contributed by atoms with Gasteiger partial charge >= 0.3 is 6.03 Å². The van der Waals surface area contributed by atoms with Crippen molar-refractivity contribution in [2.24, 2.45) is 16.7 Å². The number of hydrogen-bond donors (Lipinski definition) is 2. The summed E-state index contributed by atoms with van der Waals surface area (Å²) < 4.78 is 18.1. The topological polar surface area (TPSA) is 81.7 Å². The minimum Gasteiger partial charge on any atom is -0.483 e. The molecule has 2 saturated carbocycles. The van der Waals surface area contributed by atoms with Gasteiger partial charge in [0.15, 0.2) is 6.10 Å². The summed E-state index contributed by atoms with van der Waals surface area (Å²) in [4.78, 5) is 17.1. The van der Waals surface area contributed by atoms with Gasteiger partial charge in [-0.15, -0.1) is 0 Å². The third kappa shape index (κ3) is 3.01. The normalized spacial score (nSPS) is 40.9. The van der Waals surface area contributed by atoms with Crippen LogP contribution in [0.5, 0.6) is 5.75 Å². The smallest absolute Gasteiger partial charge is 0.315 e. The fourth-order valence-electron chi connectivity index (χ4n) is 6.24. The van der Waals surface area contributed by atoms with Crippen molar-refractivity contribution in [1.29, 1.82) is 0 Å². The van der Waals surface area contributed by atoms with Crippen LogP contribution in [0.15, 0.2) is 18.3 Å². The first-order valence-corrected chi connectivity index (χ1v) is 11.2. The van der Waals surface area contributed by atoms with Crippen molar-refractivity contribution in [2.75, 3.05) is 13.2 Å². The molecule has 164 valence electrons. The molecule has 0 spiro atoms. The lowest BCUT2D eigenvalue weighted by molar-refractivity contribution is 0.0299. The van der Waals surface area contributed by atoms with Gasteiger partial charge in [-0.25, -0.2) is 4.79 Å². The number of aryl methyl sites for hydroxylation is 1. The van der Waals surface area contributed by atoms with E-state index in [0.29, 0.717) is 19.1 Å². The second kappa shape index (κ2) is 7.09. The van der Waals surface area contributed by atoms with Gasteiger partial charge in [-0.05, 0) is 55.1 Å². The summed E-state index contributed by atoms with van der Waals surface area (Å²) in [5.41, 5.74) is 1.28. The van der Waals surface area contributed by atoms with Crippen molar-refractivity contribution in [3.8, 4) is 5.75 Å². The third-order valence-corrected chi connectivity index (χ3v) is 8.66. The van der Waals surface area contributed by atoms with Gasteiger partial charge in [-0.3, -0.25) is 4.98 Å². The monoisotopic (exact) mass is 415 g/mol. The Morgan fingerprint density at radius 2 is 2.00 bits per heavy atom. The second-order valence-electron chi connectivity index (χ2n) is 10.2. The molecule has 2 amide bonds. The van der Waals surface area contributed by atoms with E-state index in [2.05, 4.69) is 36.4 Å². The Morgan fingerprint density at radius 1 is 1.20 bits per heavy atom. The van der Waals surface area contributed by atoms with E-state index in [0.717, 1.165) is 17.9 Å². The number of carbonyl (C=O) groups excluding carboxylic acids is 1. The fourth-order valence-corrected chi connectivity index (χ4v) is 6.24. The van der Waals surface area contributed by atoms with Crippen molar-refractivity contribution in [1.82, 2.24) is 15.6 Å². The van der Waals surface area contributed by atoms with E-state index in [1.54, 1.807) is 6.20 Å². The average Bonchev–Trinajstić information content (AvgIpc) is 3.38. The summed E-state index contributed by atoms with van der Waals surface area (Å²) in [6, 6.07) is 3.70. The number of hydrogen-bond acceptors (Lipinski definition) is 5. The largest absolute Gasteiger partial charge is 0.483 e. The highest BCUT2D eigenvalue weighted by Gasteiger charge is 2.61. The Balaban J connectivity index is 1.18. The van der Waals surface area contributed by atoms with Crippen molar-refractivity contribution in [3.63, 3.8) is 0 Å². The summed E-state index contributed by atoms with van der Waals surface area (Å²) in [6.45, 7) is 9.85. The van der Waals surface area contributed by atoms with Crippen molar-refractivity contribution >= 4 is 6.03 Å². The first kappa shape index (κ1) is 20.1. The van der Waals surface area contributed by atoms with E-state index in [1.165, 1.54) is 12.8 Å². The van der Waals surface area contributed by atoms with Gasteiger partial charge in [-0.1, -0.05) is 20.8 Å². The van der Waals surface area contributed by atoms with Gasteiger partial charge < -0.3 is 24.8 Å². The van der Waals surface area contributed by atoms with Crippen LogP contribution in [0.4, 0.5) is 4.79 Å². The lowest BCUT2D eigenvalue weighted by Gasteiger charge is -2.39. The molecule has 1 aromatic rings. The van der Waals surface area contributed by atoms with E-state index < -0.39 is 0 Å². The molecule has 3 heterocycles. The molecule has 4 aliphatic rings. The Labute approximate surface area is 178 Å². The predicted molar refractivity (Wildman–Crippen MR) is 111 cm³/mol. The number of pyridine rings is 1. The molecule has 2 N–H and O–H groups in total. The van der Waals surface area contributed by atoms with E-state index in [9.17, 15) is 4.79 Å². The molecule has 1 aromatic heterocycles. The molecule has 2 unspecified atom stereocenters. The van der Waals surface area contributed by atoms with Gasteiger partial charge in [-0.2, -0.15) is 0 Å². The molecule has 5 rings (SSSR count). The van der Waals surface area contributed by atoms with Gasteiger partial charge in [0.1, 0.15) is 18.0 Å². The van der Waals surface area contributed by atoms with E-state index in [-0.39, 0.29) is 47.3 Å². The van der Waals surface area contributed by atoms with Crippen molar-refractivity contribution < 1.29 is 19.0 Å². The number of aromatic nitrogens is 1. The summed E-state index contributed by atoms with van der Waals surface area (Å²) in [5, 5.41) is 6.38. The summed E-state index contributed by atoms with van der Waals surface area (Å²) >= 11 is 0. The second-order valence-corrected chi connectivity index (χ2v) is 10.2. The maximum absolute atomic E-state index is 12.8. The number of carbonyl (C=O) groups is 1. The van der Waals surface area contributed by atoms with Crippen LogP contribution in [-0.2, 0) is 9.47 Å². The predicted octanol–water partition coefficient (Wildman–Crippen LogP) is 2.82. The third-order valence-electron chi connectivity index (χ3n) is 8.66. The quantitative estimate of drug-likeness (QED) is 0.790. The standard InChI is InChI=1S/C23H33N3O4/c1-13-16(6-5-9-24-13)30-17-12-29-19-15(11-28-20(17)19)25-21(27)26-18-10-14-7-8-23(18,4)22(14,2)3/h5-6,9,14-15,17-20H,7-8,10-12H2,1-4H3,(H2,25,26,27)/t14-,15?,17+,18-,19+,20?,23+/m1/s1. The lowest BCUT2D eigenvalue weighted by Crippen LogP contribution is -2.54. The molecule has 30 heavy (non-hydrogen) atoms. The molecule has 7 heteroatoms. The molecular formula is C23H33N3O4. The fraction of sp³-hybridized carbons (Fsp3) is 0.739. The minimum atomic E-state index is -0.196. The zero-order valence-electron chi connectivity index (χ0n) is 18.3. The summed E-state index contributed by atoms with van der Waals surface area (Å²) in [7, 11) is 0. The Hall–Kier alpha value is -1.86. The van der Waals surface area contributed by atoms with E-state index in [4.69, 9.17) is 14.2 Å². The van der Waals surface area contributed by atoms with Crippen LogP contribution in [0, 0.1) is 23.7 Å². The minimum absolute atomic E-state index is 0.116.